The first-order valence-electron chi connectivity index (χ1n) is 14.1. The molecule has 2 amide bonds. The molecule has 0 saturated carbocycles. The molecule has 3 aromatic carbocycles. The van der Waals surface area contributed by atoms with Gasteiger partial charge in [-0.3, -0.25) is 9.89 Å². The number of carbonyl (C=O) groups is 1. The summed E-state index contributed by atoms with van der Waals surface area (Å²) >= 11 is 0. The highest BCUT2D eigenvalue weighted by Crippen LogP contribution is 2.45. The lowest BCUT2D eigenvalue weighted by Crippen LogP contribution is -2.53. The normalized spacial score (nSPS) is 19.9. The summed E-state index contributed by atoms with van der Waals surface area (Å²) < 4.78 is 0. The van der Waals surface area contributed by atoms with Gasteiger partial charge in [-0.05, 0) is 94.5 Å². The molecule has 0 bridgehead atoms. The maximum absolute atomic E-state index is 14.6. The van der Waals surface area contributed by atoms with Gasteiger partial charge in [-0.1, -0.05) is 59.7 Å². The number of rotatable bonds is 3. The van der Waals surface area contributed by atoms with Crippen LogP contribution in [0.25, 0.3) is 0 Å². The van der Waals surface area contributed by atoms with Crippen LogP contribution in [-0.2, 0) is 0 Å². The Hall–Kier alpha value is -3.44. The fraction of sp³-hybridized carbons (Fsp3) is 0.412. The van der Waals surface area contributed by atoms with Gasteiger partial charge in [-0.15, -0.1) is 0 Å². The van der Waals surface area contributed by atoms with Gasteiger partial charge in [0.1, 0.15) is 11.9 Å². The van der Waals surface area contributed by atoms with E-state index in [-0.39, 0.29) is 18.1 Å². The van der Waals surface area contributed by atoms with E-state index in [9.17, 15) is 4.79 Å². The topological polar surface area (TPSA) is 39.2 Å². The zero-order valence-electron chi connectivity index (χ0n) is 24.8. The lowest BCUT2D eigenvalue weighted by atomic mass is 9.88. The third-order valence-electron chi connectivity index (χ3n) is 9.11. The van der Waals surface area contributed by atoms with Crippen LogP contribution >= 0.6 is 0 Å². The van der Waals surface area contributed by atoms with Crippen molar-refractivity contribution < 1.29 is 4.79 Å². The van der Waals surface area contributed by atoms with E-state index in [0.717, 1.165) is 48.7 Å². The summed E-state index contributed by atoms with van der Waals surface area (Å²) in [7, 11) is 2.12. The molecule has 1 fully saturated rings. The highest BCUT2D eigenvalue weighted by Gasteiger charge is 2.45. The molecule has 2 aliphatic rings. The molecule has 2 heterocycles. The van der Waals surface area contributed by atoms with Crippen LogP contribution in [-0.4, -0.2) is 59.8 Å². The predicted octanol–water partition coefficient (Wildman–Crippen LogP) is 6.76. The summed E-state index contributed by atoms with van der Waals surface area (Å²) in [4.78, 5) is 26.4. The van der Waals surface area contributed by atoms with Gasteiger partial charge in [0, 0.05) is 31.7 Å². The van der Waals surface area contributed by atoms with E-state index in [1.165, 1.54) is 38.9 Å². The summed E-state index contributed by atoms with van der Waals surface area (Å²) in [6, 6.07) is 16.9. The highest BCUT2D eigenvalue weighted by atomic mass is 16.2. The number of likely N-dealkylation sites (N-methyl/N-ethyl adjacent to an activating group) is 1. The molecule has 2 atom stereocenters. The molecule has 39 heavy (non-hydrogen) atoms. The minimum absolute atomic E-state index is 0.0525. The molecule has 0 unspecified atom stereocenters. The Bertz CT molecular complexity index is 1380. The van der Waals surface area contributed by atoms with E-state index in [4.69, 9.17) is 4.99 Å². The molecule has 5 nitrogen and oxygen atoms in total. The first-order valence-corrected chi connectivity index (χ1v) is 14.1. The first kappa shape index (κ1) is 27.1. The molecule has 204 valence electrons. The second-order valence-electron chi connectivity index (χ2n) is 11.6. The number of hydrogen-bond donors (Lipinski definition) is 0. The number of carbonyl (C=O) groups excluding carboxylic acids is 1. The van der Waals surface area contributed by atoms with Crippen LogP contribution in [0.15, 0.2) is 53.5 Å². The van der Waals surface area contributed by atoms with Gasteiger partial charge in [0.05, 0.1) is 6.04 Å². The van der Waals surface area contributed by atoms with Crippen molar-refractivity contribution in [1.82, 2.24) is 14.7 Å². The summed E-state index contributed by atoms with van der Waals surface area (Å²) in [6.45, 7) is 18.4. The standard InChI is InChI=1S/C34H42N4O/c1-21-9-13-28(14-10-21)31-32(29-15-11-22(2)12-16-29)38(34(39)37-19-17-36(8)18-20-37)33(35-31)30-26(6)24(4)23(3)25(5)27(30)7/h9-16,31-32H,17-20H2,1-8H3/t31-,32+/m1/s1. The second-order valence-corrected chi connectivity index (χ2v) is 11.6. The quantitative estimate of drug-likeness (QED) is 0.381. The Balaban J connectivity index is 1.74. The summed E-state index contributed by atoms with van der Waals surface area (Å²) in [5.74, 6) is 0.802. The first-order chi connectivity index (χ1) is 18.6. The fourth-order valence-electron chi connectivity index (χ4n) is 6.03. The predicted molar refractivity (Wildman–Crippen MR) is 161 cm³/mol. The Morgan fingerprint density at radius 1 is 0.667 bits per heavy atom. The Kier molecular flexibility index (Phi) is 7.39. The van der Waals surface area contributed by atoms with Crippen LogP contribution in [0.5, 0.6) is 0 Å². The number of hydrogen-bond acceptors (Lipinski definition) is 3. The Labute approximate surface area is 234 Å². The zero-order chi connectivity index (χ0) is 28.0. The minimum atomic E-state index is -0.226. The van der Waals surface area contributed by atoms with Gasteiger partial charge >= 0.3 is 6.03 Å². The molecule has 2 aliphatic heterocycles. The van der Waals surface area contributed by atoms with Crippen molar-refractivity contribution in [3.63, 3.8) is 0 Å². The molecular weight excluding hydrogens is 480 g/mol. The van der Waals surface area contributed by atoms with Gasteiger partial charge < -0.3 is 9.80 Å². The average molecular weight is 523 g/mol. The molecule has 0 aromatic heterocycles. The third-order valence-corrected chi connectivity index (χ3v) is 9.11. The number of amidine groups is 1. The van der Waals surface area contributed by atoms with Crippen LogP contribution in [0.1, 0.15) is 67.7 Å². The zero-order valence-corrected chi connectivity index (χ0v) is 24.8. The Morgan fingerprint density at radius 2 is 1.13 bits per heavy atom. The maximum atomic E-state index is 14.6. The van der Waals surface area contributed by atoms with E-state index in [1.54, 1.807) is 0 Å². The van der Waals surface area contributed by atoms with Crippen molar-refractivity contribution >= 4 is 11.9 Å². The third kappa shape index (κ3) is 4.89. The molecule has 0 spiro atoms. The van der Waals surface area contributed by atoms with Crippen molar-refractivity contribution in [2.24, 2.45) is 4.99 Å². The number of aliphatic imine (C=N–C) groups is 1. The number of amides is 2. The van der Waals surface area contributed by atoms with Crippen molar-refractivity contribution in [2.75, 3.05) is 33.2 Å². The lowest BCUT2D eigenvalue weighted by Gasteiger charge is -2.38. The molecule has 1 saturated heterocycles. The highest BCUT2D eigenvalue weighted by molar-refractivity contribution is 6.11. The number of urea groups is 1. The Morgan fingerprint density at radius 3 is 1.64 bits per heavy atom. The van der Waals surface area contributed by atoms with Crippen molar-refractivity contribution in [2.45, 2.75) is 60.5 Å². The summed E-state index contributed by atoms with van der Waals surface area (Å²) in [6.07, 6.45) is 0. The van der Waals surface area contributed by atoms with E-state index in [1.807, 2.05) is 9.80 Å². The van der Waals surface area contributed by atoms with E-state index >= 15 is 0 Å². The van der Waals surface area contributed by atoms with Crippen LogP contribution in [0, 0.1) is 48.5 Å². The molecular formula is C34H42N4O. The number of piperazine rings is 1. The van der Waals surface area contributed by atoms with E-state index < -0.39 is 0 Å². The largest absolute Gasteiger partial charge is 0.326 e. The molecule has 0 N–H and O–H groups in total. The summed E-state index contributed by atoms with van der Waals surface area (Å²) in [5.41, 5.74) is 12.0. The minimum Gasteiger partial charge on any atom is -0.322 e. The maximum Gasteiger partial charge on any atom is 0.326 e. The molecule has 0 aliphatic carbocycles. The van der Waals surface area contributed by atoms with Crippen LogP contribution in [0.4, 0.5) is 4.79 Å². The van der Waals surface area contributed by atoms with Gasteiger partial charge in [0.25, 0.3) is 0 Å². The monoisotopic (exact) mass is 522 g/mol. The molecule has 5 rings (SSSR count). The smallest absolute Gasteiger partial charge is 0.322 e. The number of benzene rings is 3. The van der Waals surface area contributed by atoms with Gasteiger partial charge in [-0.2, -0.15) is 0 Å². The van der Waals surface area contributed by atoms with Crippen LogP contribution < -0.4 is 0 Å². The van der Waals surface area contributed by atoms with E-state index in [0.29, 0.717) is 0 Å². The van der Waals surface area contributed by atoms with Crippen molar-refractivity contribution in [1.29, 1.82) is 0 Å². The SMILES string of the molecule is Cc1ccc([C@H]2N=C(c3c(C)c(C)c(C)c(C)c3C)N(C(=O)N3CCN(C)CC3)[C@H]2c2ccc(C)cc2)cc1. The van der Waals surface area contributed by atoms with Crippen LogP contribution in [0.3, 0.4) is 0 Å². The van der Waals surface area contributed by atoms with Gasteiger partial charge in [0.15, 0.2) is 0 Å². The number of aryl methyl sites for hydroxylation is 2. The van der Waals surface area contributed by atoms with Crippen molar-refractivity contribution in [3.05, 3.63) is 104 Å². The van der Waals surface area contributed by atoms with Crippen molar-refractivity contribution in [3.8, 4) is 0 Å². The molecule has 5 heteroatoms. The van der Waals surface area contributed by atoms with Crippen LogP contribution in [0.2, 0.25) is 0 Å². The van der Waals surface area contributed by atoms with Gasteiger partial charge in [-0.25, -0.2) is 4.79 Å². The van der Waals surface area contributed by atoms with E-state index in [2.05, 4.69) is 109 Å². The lowest BCUT2D eigenvalue weighted by molar-refractivity contribution is 0.130. The van der Waals surface area contributed by atoms with Gasteiger partial charge in [0.2, 0.25) is 0 Å². The molecule has 0 radical (unpaired) electrons. The number of nitrogens with zero attached hydrogens (tertiary/aromatic N) is 4. The summed E-state index contributed by atoms with van der Waals surface area (Å²) in [5, 5.41) is 0. The molecule has 3 aromatic rings. The fourth-order valence-corrected chi connectivity index (χ4v) is 6.03. The second kappa shape index (κ2) is 10.6. The average Bonchev–Trinajstić information content (AvgIpc) is 3.31.